The third-order valence-corrected chi connectivity index (χ3v) is 5.64. The number of hydrogen-bond acceptors (Lipinski definition) is 5. The first-order valence-corrected chi connectivity index (χ1v) is 12.2. The van der Waals surface area contributed by atoms with Crippen molar-refractivity contribution in [2.75, 3.05) is 0 Å². The van der Waals surface area contributed by atoms with Gasteiger partial charge in [-0.2, -0.15) is 8.78 Å². The van der Waals surface area contributed by atoms with E-state index in [1.807, 2.05) is 6.07 Å². The molecule has 0 saturated carbocycles. The molecule has 0 aliphatic rings. The van der Waals surface area contributed by atoms with Gasteiger partial charge in [-0.15, -0.1) is 0 Å². The molecule has 0 saturated heterocycles. The number of ether oxygens (including phenoxy) is 1. The number of benzene rings is 2. The molecule has 0 radical (unpaired) electrons. The number of ketones is 2. The lowest BCUT2D eigenvalue weighted by Gasteiger charge is -2.26. The summed E-state index contributed by atoms with van der Waals surface area (Å²) < 4.78 is 34.4. The molecule has 0 aliphatic carbocycles. The number of carbonyl (C=O) groups excluding carboxylic acids is 4. The molecular formula is C28H34F2N2O5. The van der Waals surface area contributed by atoms with Gasteiger partial charge < -0.3 is 15.4 Å². The Labute approximate surface area is 216 Å². The number of alkyl halides is 2. The zero-order valence-corrected chi connectivity index (χ0v) is 21.5. The van der Waals surface area contributed by atoms with Crippen molar-refractivity contribution < 1.29 is 32.7 Å². The third kappa shape index (κ3) is 9.08. The van der Waals surface area contributed by atoms with Crippen LogP contribution in [0.25, 0.3) is 0 Å². The van der Waals surface area contributed by atoms with Crippen molar-refractivity contribution in [2.24, 2.45) is 11.8 Å². The molecule has 2 rings (SSSR count). The second kappa shape index (κ2) is 13.6. The van der Waals surface area contributed by atoms with Crippen LogP contribution in [0.4, 0.5) is 13.6 Å². The molecule has 0 aromatic heterocycles. The van der Waals surface area contributed by atoms with Crippen molar-refractivity contribution >= 4 is 23.6 Å². The minimum absolute atomic E-state index is 0.000260. The zero-order chi connectivity index (χ0) is 27.6. The molecule has 0 heterocycles. The van der Waals surface area contributed by atoms with Crippen LogP contribution in [0.1, 0.15) is 57.7 Å². The highest BCUT2D eigenvalue weighted by molar-refractivity contribution is 6.08. The molecule has 2 aromatic carbocycles. The van der Waals surface area contributed by atoms with Gasteiger partial charge in [-0.1, -0.05) is 88.4 Å². The summed E-state index contributed by atoms with van der Waals surface area (Å²) in [5.74, 6) is -8.60. The van der Waals surface area contributed by atoms with Crippen LogP contribution in [0.15, 0.2) is 60.7 Å². The number of halogens is 2. The van der Waals surface area contributed by atoms with Gasteiger partial charge in [0.2, 0.25) is 17.5 Å². The zero-order valence-electron chi connectivity index (χ0n) is 21.5. The van der Waals surface area contributed by atoms with E-state index >= 15 is 0 Å². The van der Waals surface area contributed by atoms with Crippen LogP contribution in [0.3, 0.4) is 0 Å². The lowest BCUT2D eigenvalue weighted by molar-refractivity contribution is -0.157. The van der Waals surface area contributed by atoms with E-state index < -0.39 is 54.4 Å². The van der Waals surface area contributed by atoms with Crippen molar-refractivity contribution in [1.29, 1.82) is 0 Å². The van der Waals surface area contributed by atoms with Crippen LogP contribution in [-0.4, -0.2) is 35.5 Å². The predicted molar refractivity (Wildman–Crippen MR) is 135 cm³/mol. The Bertz CT molecular complexity index is 1060. The van der Waals surface area contributed by atoms with Crippen LogP contribution in [0.5, 0.6) is 0 Å². The second-order valence-electron chi connectivity index (χ2n) is 9.62. The highest BCUT2D eigenvalue weighted by Gasteiger charge is 2.47. The highest BCUT2D eigenvalue weighted by atomic mass is 19.3. The fourth-order valence-electron chi connectivity index (χ4n) is 3.59. The molecule has 1 unspecified atom stereocenters. The van der Waals surface area contributed by atoms with Crippen molar-refractivity contribution in [3.05, 3.63) is 71.8 Å². The molecule has 2 aromatic rings. The summed E-state index contributed by atoms with van der Waals surface area (Å²) in [5, 5.41) is 5.11. The van der Waals surface area contributed by atoms with E-state index in [0.717, 1.165) is 5.56 Å². The van der Waals surface area contributed by atoms with E-state index in [9.17, 15) is 28.0 Å². The Morgan fingerprint density at radius 1 is 0.811 bits per heavy atom. The summed E-state index contributed by atoms with van der Waals surface area (Å²) in [4.78, 5) is 50.1. The average molecular weight is 517 g/mol. The Morgan fingerprint density at radius 3 is 1.89 bits per heavy atom. The minimum Gasteiger partial charge on any atom is -0.445 e. The van der Waals surface area contributed by atoms with Gasteiger partial charge >= 0.3 is 12.0 Å². The van der Waals surface area contributed by atoms with Crippen molar-refractivity contribution in [3.63, 3.8) is 0 Å². The molecule has 0 spiro atoms. The fraction of sp³-hybridized carbons (Fsp3) is 0.429. The van der Waals surface area contributed by atoms with Gasteiger partial charge in [0.1, 0.15) is 12.6 Å². The number of carbonyl (C=O) groups is 4. The highest BCUT2D eigenvalue weighted by Crippen LogP contribution is 2.27. The van der Waals surface area contributed by atoms with Crippen LogP contribution in [-0.2, 0) is 25.7 Å². The molecule has 9 heteroatoms. The minimum atomic E-state index is -4.17. The SMILES string of the molecule is CC(C)CC(=O)C(F)(F)C(=O)CC(NC(=O)[C@@H](NC(=O)OCc1ccccc1)C(C)C)c1ccccc1. The van der Waals surface area contributed by atoms with Gasteiger partial charge in [0, 0.05) is 12.8 Å². The van der Waals surface area contributed by atoms with Crippen LogP contribution < -0.4 is 10.6 Å². The molecular weight excluding hydrogens is 482 g/mol. The number of nitrogens with one attached hydrogen (secondary N) is 2. The van der Waals surface area contributed by atoms with E-state index in [4.69, 9.17) is 4.74 Å². The molecule has 0 aliphatic heterocycles. The standard InChI is InChI=1S/C28H34F2N2O5/c1-18(2)15-23(33)28(29,30)24(34)16-22(21-13-9-6-10-14-21)31-26(35)25(19(3)4)32-27(36)37-17-20-11-7-5-8-12-20/h5-14,18-19,22,25H,15-17H2,1-4H3,(H,31,35)(H,32,36)/t22?,25-/m0/s1. The maximum absolute atomic E-state index is 14.6. The summed E-state index contributed by atoms with van der Waals surface area (Å²) in [6, 6.07) is 14.9. The van der Waals surface area contributed by atoms with Gasteiger partial charge in [-0.05, 0) is 23.0 Å². The number of hydrogen-bond donors (Lipinski definition) is 2. The molecule has 2 N–H and O–H groups in total. The van der Waals surface area contributed by atoms with E-state index in [0.29, 0.717) is 5.56 Å². The Balaban J connectivity index is 2.14. The van der Waals surface area contributed by atoms with Crippen LogP contribution in [0.2, 0.25) is 0 Å². The second-order valence-corrected chi connectivity index (χ2v) is 9.62. The molecule has 7 nitrogen and oxygen atoms in total. The van der Waals surface area contributed by atoms with Gasteiger partial charge in [0.05, 0.1) is 6.04 Å². The van der Waals surface area contributed by atoms with E-state index in [1.54, 1.807) is 82.3 Å². The summed E-state index contributed by atoms with van der Waals surface area (Å²) in [6.07, 6.45) is -2.06. The summed E-state index contributed by atoms with van der Waals surface area (Å²) >= 11 is 0. The first-order valence-electron chi connectivity index (χ1n) is 12.2. The quantitative estimate of drug-likeness (QED) is 0.365. The first kappa shape index (κ1) is 29.6. The van der Waals surface area contributed by atoms with Gasteiger partial charge in [0.15, 0.2) is 0 Å². The Kier molecular flexibility index (Phi) is 10.9. The summed E-state index contributed by atoms with van der Waals surface area (Å²) in [6.45, 7) is 6.61. The number of Topliss-reactive ketones (excluding diaryl/α,β-unsaturated/α-hetero) is 2. The lowest BCUT2D eigenvalue weighted by atomic mass is 9.93. The molecule has 0 fully saturated rings. The predicted octanol–water partition coefficient (Wildman–Crippen LogP) is 5.00. The fourth-order valence-corrected chi connectivity index (χ4v) is 3.59. The van der Waals surface area contributed by atoms with E-state index in [-0.39, 0.29) is 18.4 Å². The molecule has 37 heavy (non-hydrogen) atoms. The Morgan fingerprint density at radius 2 is 1.35 bits per heavy atom. The van der Waals surface area contributed by atoms with Crippen molar-refractivity contribution in [2.45, 2.75) is 65.1 Å². The average Bonchev–Trinajstić information content (AvgIpc) is 2.86. The molecule has 2 atom stereocenters. The monoisotopic (exact) mass is 516 g/mol. The lowest BCUT2D eigenvalue weighted by Crippen LogP contribution is -2.51. The maximum Gasteiger partial charge on any atom is 0.408 e. The largest absolute Gasteiger partial charge is 0.445 e. The third-order valence-electron chi connectivity index (χ3n) is 5.64. The summed E-state index contributed by atoms with van der Waals surface area (Å²) in [7, 11) is 0. The first-order chi connectivity index (χ1) is 17.4. The van der Waals surface area contributed by atoms with Crippen LogP contribution >= 0.6 is 0 Å². The normalized spacial score (nSPS) is 13.1. The van der Waals surface area contributed by atoms with Crippen molar-refractivity contribution in [1.82, 2.24) is 10.6 Å². The van der Waals surface area contributed by atoms with Gasteiger partial charge in [0.25, 0.3) is 0 Å². The Hall–Kier alpha value is -3.62. The number of alkyl carbamates (subject to hydrolysis) is 1. The van der Waals surface area contributed by atoms with Crippen molar-refractivity contribution in [3.8, 4) is 0 Å². The van der Waals surface area contributed by atoms with E-state index in [1.165, 1.54) is 0 Å². The molecule has 200 valence electrons. The maximum atomic E-state index is 14.6. The topological polar surface area (TPSA) is 102 Å². The number of rotatable bonds is 13. The molecule has 0 bridgehead atoms. The van der Waals surface area contributed by atoms with E-state index in [2.05, 4.69) is 10.6 Å². The smallest absolute Gasteiger partial charge is 0.408 e. The van der Waals surface area contributed by atoms with Gasteiger partial charge in [-0.25, -0.2) is 4.79 Å². The van der Waals surface area contributed by atoms with Gasteiger partial charge in [-0.3, -0.25) is 14.4 Å². The molecule has 2 amide bonds. The van der Waals surface area contributed by atoms with Crippen LogP contribution in [0, 0.1) is 11.8 Å². The summed E-state index contributed by atoms with van der Waals surface area (Å²) in [5.41, 5.74) is 1.17. The number of amides is 2.